The SMILES string of the molecule is COc1cc2cc(c1Cl)N(C)C(=O)C[C@H](OC(=O)[C@H](C)N(C)C(=O)CCSSC)[C@]1(C)O[C@]1(C)[C@H](C)[C@@H]1C[C@@](O)(NC(=O)O1)[C@H](OC)C=CC=C(C)C2. The van der Waals surface area contributed by atoms with Crippen LogP contribution in [0.5, 0.6) is 5.75 Å². The molecule has 13 nitrogen and oxygen atoms in total. The zero-order chi connectivity index (χ0) is 39.5. The molecule has 4 bridgehead atoms. The van der Waals surface area contributed by atoms with Gasteiger partial charge in [0.1, 0.15) is 46.3 Å². The molecule has 0 radical (unpaired) electrons. The van der Waals surface area contributed by atoms with Crippen LogP contribution in [0.3, 0.4) is 0 Å². The maximum Gasteiger partial charge on any atom is 0.409 e. The maximum absolute atomic E-state index is 14.2. The summed E-state index contributed by atoms with van der Waals surface area (Å²) in [6.07, 6.45) is 3.71. The van der Waals surface area contributed by atoms with Crippen molar-refractivity contribution in [2.24, 2.45) is 5.92 Å². The van der Waals surface area contributed by atoms with Crippen LogP contribution in [0.1, 0.15) is 59.4 Å². The van der Waals surface area contributed by atoms with E-state index in [1.807, 2.05) is 26.2 Å². The fourth-order valence-corrected chi connectivity index (χ4v) is 8.44. The Hall–Kier alpha value is -2.95. The van der Waals surface area contributed by atoms with Gasteiger partial charge in [0.2, 0.25) is 11.8 Å². The summed E-state index contributed by atoms with van der Waals surface area (Å²) in [7, 11) is 9.15. The van der Waals surface area contributed by atoms with E-state index < -0.39 is 65.2 Å². The molecule has 0 unspecified atom stereocenters. The minimum atomic E-state index is -1.84. The number of benzene rings is 1. The van der Waals surface area contributed by atoms with Crippen LogP contribution in [0.15, 0.2) is 35.9 Å². The predicted octanol–water partition coefficient (Wildman–Crippen LogP) is 5.31. The zero-order valence-electron chi connectivity index (χ0n) is 32.0. The average molecular weight is 798 g/mol. The molecule has 3 heterocycles. The Kier molecular flexibility index (Phi) is 13.9. The van der Waals surface area contributed by atoms with Crippen molar-refractivity contribution < 1.29 is 48.0 Å². The van der Waals surface area contributed by atoms with Crippen LogP contribution in [0.25, 0.3) is 0 Å². The smallest absolute Gasteiger partial charge is 0.409 e. The van der Waals surface area contributed by atoms with Crippen molar-refractivity contribution in [3.8, 4) is 5.75 Å². The second-order valence-corrected chi connectivity index (χ2v) is 17.2. The Bertz CT molecular complexity index is 1630. The molecule has 2 saturated heterocycles. The number of hydrogen-bond donors (Lipinski definition) is 2. The number of hydrogen-bond acceptors (Lipinski definition) is 12. The third-order valence-corrected chi connectivity index (χ3v) is 13.1. The van der Waals surface area contributed by atoms with E-state index in [1.165, 1.54) is 24.0 Å². The molecule has 0 aliphatic carbocycles. The molecule has 2 N–H and O–H groups in total. The number of likely N-dealkylation sites (N-methyl/N-ethyl adjacent to an activating group) is 1. The second kappa shape index (κ2) is 17.2. The van der Waals surface area contributed by atoms with Gasteiger partial charge in [-0.3, -0.25) is 14.9 Å². The van der Waals surface area contributed by atoms with Gasteiger partial charge in [0.05, 0.1) is 19.2 Å². The number of epoxide rings is 1. The molecule has 3 amide bonds. The highest BCUT2D eigenvalue weighted by molar-refractivity contribution is 8.76. The van der Waals surface area contributed by atoms with Gasteiger partial charge in [0, 0.05) is 45.7 Å². The highest BCUT2D eigenvalue weighted by Crippen LogP contribution is 2.58. The van der Waals surface area contributed by atoms with Gasteiger partial charge >= 0.3 is 12.1 Å². The molecule has 8 atom stereocenters. The fourth-order valence-electron chi connectivity index (χ4n) is 6.96. The molecule has 1 aromatic rings. The molecular formula is C37H52ClN3O10S2. The van der Waals surface area contributed by atoms with Crippen LogP contribution < -0.4 is 15.0 Å². The first-order valence-corrected chi connectivity index (χ1v) is 20.5. The van der Waals surface area contributed by atoms with Gasteiger partial charge in [-0.05, 0) is 58.1 Å². The monoisotopic (exact) mass is 797 g/mol. The number of allylic oxidation sites excluding steroid dienone is 3. The Labute approximate surface area is 324 Å². The molecule has 294 valence electrons. The maximum atomic E-state index is 14.2. The number of methoxy groups -OCH3 is 2. The summed E-state index contributed by atoms with van der Waals surface area (Å²) >= 11 is 6.77. The minimum absolute atomic E-state index is 0.0600. The summed E-state index contributed by atoms with van der Waals surface area (Å²) in [4.78, 5) is 56.6. The average Bonchev–Trinajstić information content (AvgIpc) is 3.70. The van der Waals surface area contributed by atoms with Gasteiger partial charge in [0.25, 0.3) is 0 Å². The number of carbonyl (C=O) groups is 4. The van der Waals surface area contributed by atoms with Crippen molar-refractivity contribution in [2.75, 3.05) is 45.2 Å². The van der Waals surface area contributed by atoms with E-state index in [-0.39, 0.29) is 30.2 Å². The van der Waals surface area contributed by atoms with Crippen molar-refractivity contribution >= 4 is 62.8 Å². The lowest BCUT2D eigenvalue weighted by molar-refractivity contribution is -0.162. The fraction of sp³-hybridized carbons (Fsp3) is 0.622. The molecular weight excluding hydrogens is 746 g/mol. The van der Waals surface area contributed by atoms with E-state index >= 15 is 0 Å². The van der Waals surface area contributed by atoms with Crippen LogP contribution in [-0.4, -0.2) is 115 Å². The van der Waals surface area contributed by atoms with Crippen molar-refractivity contribution in [2.45, 2.75) is 102 Å². The van der Waals surface area contributed by atoms with Crippen LogP contribution in [0, 0.1) is 5.92 Å². The van der Waals surface area contributed by atoms with E-state index in [2.05, 4.69) is 5.32 Å². The van der Waals surface area contributed by atoms with Gasteiger partial charge in [-0.15, -0.1) is 0 Å². The summed E-state index contributed by atoms with van der Waals surface area (Å²) in [6.45, 7) is 8.83. The van der Waals surface area contributed by atoms with E-state index in [9.17, 15) is 24.3 Å². The summed E-state index contributed by atoms with van der Waals surface area (Å²) in [5, 5.41) is 14.6. The molecule has 3 aliphatic rings. The van der Waals surface area contributed by atoms with Crippen molar-refractivity contribution in [1.29, 1.82) is 0 Å². The Balaban J connectivity index is 1.78. The summed E-state index contributed by atoms with van der Waals surface area (Å²) < 4.78 is 29.5. The van der Waals surface area contributed by atoms with Gasteiger partial charge in [-0.2, -0.15) is 0 Å². The van der Waals surface area contributed by atoms with E-state index in [0.29, 0.717) is 23.6 Å². The second-order valence-electron chi connectivity index (χ2n) is 14.2. The normalized spacial score (nSPS) is 31.0. The lowest BCUT2D eigenvalue weighted by Crippen LogP contribution is -2.64. The molecule has 53 heavy (non-hydrogen) atoms. The summed E-state index contributed by atoms with van der Waals surface area (Å²) in [5.41, 5.74) is -2.08. The molecule has 0 spiro atoms. The van der Waals surface area contributed by atoms with Crippen LogP contribution in [-0.2, 0) is 39.8 Å². The van der Waals surface area contributed by atoms with E-state index in [4.69, 9.17) is 35.3 Å². The van der Waals surface area contributed by atoms with E-state index in [1.54, 1.807) is 80.7 Å². The first kappa shape index (κ1) is 42.8. The lowest BCUT2D eigenvalue weighted by atomic mass is 9.76. The quantitative estimate of drug-likeness (QED) is 0.144. The number of esters is 1. The molecule has 4 rings (SSSR count). The number of amides is 3. The minimum Gasteiger partial charge on any atom is -0.495 e. The summed E-state index contributed by atoms with van der Waals surface area (Å²) in [5.74, 6) is -0.990. The van der Waals surface area contributed by atoms with Crippen LogP contribution >= 0.6 is 33.2 Å². The van der Waals surface area contributed by atoms with Gasteiger partial charge < -0.3 is 38.6 Å². The number of anilines is 1. The molecule has 1 aromatic carbocycles. The molecule has 0 aromatic heterocycles. The predicted molar refractivity (Wildman–Crippen MR) is 206 cm³/mol. The third-order valence-electron chi connectivity index (χ3n) is 10.9. The molecule has 16 heteroatoms. The Morgan fingerprint density at radius 3 is 2.57 bits per heavy atom. The van der Waals surface area contributed by atoms with E-state index in [0.717, 1.165) is 11.1 Å². The number of halogens is 1. The number of carbonyl (C=O) groups excluding carboxylic acids is 4. The van der Waals surface area contributed by atoms with Crippen molar-refractivity contribution in [3.63, 3.8) is 0 Å². The third kappa shape index (κ3) is 9.13. The number of alkyl carbamates (subject to hydrolysis) is 1. The number of rotatable bonds is 9. The van der Waals surface area contributed by atoms with Gasteiger partial charge in [-0.25, -0.2) is 9.59 Å². The highest BCUT2D eigenvalue weighted by atomic mass is 35.5. The molecule has 2 fully saturated rings. The molecule has 0 saturated carbocycles. The number of aliphatic hydroxyl groups is 1. The Morgan fingerprint density at radius 1 is 1.23 bits per heavy atom. The van der Waals surface area contributed by atoms with Crippen molar-refractivity contribution in [1.82, 2.24) is 10.2 Å². The lowest BCUT2D eigenvalue weighted by Gasteiger charge is -2.43. The first-order chi connectivity index (χ1) is 24.8. The van der Waals surface area contributed by atoms with Gasteiger partial charge in [0.15, 0.2) is 5.72 Å². The highest BCUT2D eigenvalue weighted by Gasteiger charge is 2.73. The summed E-state index contributed by atoms with van der Waals surface area (Å²) in [6, 6.07) is 2.63. The number of ether oxygens (including phenoxy) is 5. The van der Waals surface area contributed by atoms with Crippen LogP contribution in [0.2, 0.25) is 5.02 Å². The number of nitrogens with one attached hydrogen (secondary N) is 1. The molecule has 3 aliphatic heterocycles. The standard InChI is InChI=1S/C37H52ClN3O10S2/c1-21-12-11-13-28(48-9)37(46)20-27(49-34(45)39-37)22(2)35(4)36(5,51-35)29(50-33(44)23(3)40(6)30(42)14-15-53-52-10)19-31(43)41(7)25-17-24(16-21)18-26(47-8)32(25)38/h11-13,17-18,22-23,27-29,46H,14-16,19-20H2,1-10H3,(H,39,45)/t22-,23+,27+,28-,29+,35-,36+,37+/m1/s1. The topological polar surface area (TPSA) is 156 Å². The Morgan fingerprint density at radius 2 is 1.92 bits per heavy atom. The van der Waals surface area contributed by atoms with Crippen LogP contribution in [0.4, 0.5) is 10.5 Å². The first-order valence-electron chi connectivity index (χ1n) is 17.4. The largest absolute Gasteiger partial charge is 0.495 e. The zero-order valence-corrected chi connectivity index (χ0v) is 34.4. The van der Waals surface area contributed by atoms with Crippen molar-refractivity contribution in [3.05, 3.63) is 46.5 Å². The van der Waals surface area contributed by atoms with Gasteiger partial charge in [-0.1, -0.05) is 63.9 Å². The number of fused-ring (bicyclic) bond motifs is 5. The number of nitrogens with zero attached hydrogens (tertiary/aromatic N) is 2.